The summed E-state index contributed by atoms with van der Waals surface area (Å²) in [5.74, 6) is 0.0704. The molecule has 0 bridgehead atoms. The van der Waals surface area contributed by atoms with Crippen molar-refractivity contribution < 1.29 is 9.52 Å². The summed E-state index contributed by atoms with van der Waals surface area (Å²) in [6.45, 7) is 0. The van der Waals surface area contributed by atoms with Crippen LogP contribution in [0.4, 0.5) is 0 Å². The molecule has 0 atom stereocenters. The fourth-order valence-electron chi connectivity index (χ4n) is 1.07. The molecule has 2 aromatic rings. The molecule has 0 aliphatic rings. The summed E-state index contributed by atoms with van der Waals surface area (Å²) in [5.41, 5.74) is 0.340. The van der Waals surface area contributed by atoms with E-state index in [0.717, 1.165) is 0 Å². The predicted molar refractivity (Wildman–Crippen MR) is 44.1 cm³/mol. The summed E-state index contributed by atoms with van der Waals surface area (Å²) < 4.78 is 5.04. The van der Waals surface area contributed by atoms with Gasteiger partial charge in [0.1, 0.15) is 11.3 Å². The van der Waals surface area contributed by atoms with Crippen LogP contribution in [0.2, 0.25) is 0 Å². The zero-order chi connectivity index (χ0) is 8.55. The molecule has 60 valence electrons. The normalized spacial score (nSPS) is 10.3. The van der Waals surface area contributed by atoms with Gasteiger partial charge < -0.3 is 9.52 Å². The molecular formula is C9H6O3. The zero-order valence-corrected chi connectivity index (χ0v) is 6.15. The fourth-order valence-corrected chi connectivity index (χ4v) is 1.07. The first-order valence-electron chi connectivity index (χ1n) is 3.48. The van der Waals surface area contributed by atoms with E-state index in [1.54, 1.807) is 6.07 Å². The summed E-state index contributed by atoms with van der Waals surface area (Å²) in [6, 6.07) is 5.75. The van der Waals surface area contributed by atoms with Gasteiger partial charge in [0.15, 0.2) is 5.43 Å². The number of phenolic OH excluding ortho intramolecular Hbond substituents is 1. The quantitative estimate of drug-likeness (QED) is 0.638. The van der Waals surface area contributed by atoms with Crippen molar-refractivity contribution in [2.24, 2.45) is 0 Å². The molecule has 0 saturated carbocycles. The number of fused-ring (bicyclic) bond motifs is 1. The van der Waals surface area contributed by atoms with Crippen molar-refractivity contribution in [1.29, 1.82) is 0 Å². The van der Waals surface area contributed by atoms with E-state index in [4.69, 9.17) is 9.52 Å². The van der Waals surface area contributed by atoms with Crippen molar-refractivity contribution in [3.63, 3.8) is 0 Å². The van der Waals surface area contributed by atoms with Crippen molar-refractivity contribution in [3.05, 3.63) is 40.8 Å². The van der Waals surface area contributed by atoms with E-state index in [1.807, 2.05) is 0 Å². The van der Waals surface area contributed by atoms with Crippen LogP contribution < -0.4 is 5.43 Å². The number of hydrogen-bond acceptors (Lipinski definition) is 3. The average molecular weight is 162 g/mol. The Morgan fingerprint density at radius 1 is 1.25 bits per heavy atom. The van der Waals surface area contributed by atoms with Crippen LogP contribution in [-0.4, -0.2) is 5.11 Å². The highest BCUT2D eigenvalue weighted by molar-refractivity contribution is 5.77. The highest BCUT2D eigenvalue weighted by Gasteiger charge is 1.99. The third-order valence-corrected chi connectivity index (χ3v) is 1.64. The van der Waals surface area contributed by atoms with Gasteiger partial charge >= 0.3 is 0 Å². The van der Waals surface area contributed by atoms with Crippen LogP contribution in [-0.2, 0) is 0 Å². The van der Waals surface area contributed by atoms with E-state index >= 15 is 0 Å². The maximum Gasteiger partial charge on any atom is 0.192 e. The van der Waals surface area contributed by atoms with Crippen LogP contribution in [0.25, 0.3) is 11.0 Å². The van der Waals surface area contributed by atoms with Crippen LogP contribution in [0.15, 0.2) is 39.7 Å². The SMILES string of the molecule is O=c1ccoc2ccc(O)cc12. The summed E-state index contributed by atoms with van der Waals surface area (Å²) >= 11 is 0. The van der Waals surface area contributed by atoms with Gasteiger partial charge in [-0.3, -0.25) is 4.79 Å². The Hall–Kier alpha value is -1.77. The molecule has 0 radical (unpaired) electrons. The van der Waals surface area contributed by atoms with Gasteiger partial charge in [-0.05, 0) is 18.2 Å². The minimum absolute atomic E-state index is 0.0704. The third-order valence-electron chi connectivity index (χ3n) is 1.64. The van der Waals surface area contributed by atoms with Gasteiger partial charge in [-0.15, -0.1) is 0 Å². The maximum atomic E-state index is 11.2. The molecule has 0 spiro atoms. The summed E-state index contributed by atoms with van der Waals surface area (Å²) in [6.07, 6.45) is 1.34. The Morgan fingerprint density at radius 3 is 2.92 bits per heavy atom. The summed E-state index contributed by atoms with van der Waals surface area (Å²) in [7, 11) is 0. The van der Waals surface area contributed by atoms with Gasteiger partial charge in [-0.1, -0.05) is 0 Å². The molecular weight excluding hydrogens is 156 g/mol. The Labute approximate surface area is 67.9 Å². The zero-order valence-electron chi connectivity index (χ0n) is 6.15. The molecule has 1 heterocycles. The van der Waals surface area contributed by atoms with Crippen molar-refractivity contribution >= 4 is 11.0 Å². The van der Waals surface area contributed by atoms with Crippen LogP contribution in [0.3, 0.4) is 0 Å². The highest BCUT2D eigenvalue weighted by atomic mass is 16.3. The molecule has 2 rings (SSSR count). The Balaban J connectivity index is 2.98. The van der Waals surface area contributed by atoms with Crippen LogP contribution >= 0.6 is 0 Å². The van der Waals surface area contributed by atoms with E-state index in [9.17, 15) is 4.79 Å². The van der Waals surface area contributed by atoms with Gasteiger partial charge in [-0.2, -0.15) is 0 Å². The van der Waals surface area contributed by atoms with E-state index < -0.39 is 0 Å². The lowest BCUT2D eigenvalue weighted by molar-refractivity contribution is 0.475. The molecule has 3 nitrogen and oxygen atoms in total. The minimum atomic E-state index is -0.146. The highest BCUT2D eigenvalue weighted by Crippen LogP contribution is 2.15. The molecule has 0 aliphatic carbocycles. The first-order valence-corrected chi connectivity index (χ1v) is 3.48. The van der Waals surface area contributed by atoms with Gasteiger partial charge in [0, 0.05) is 6.07 Å². The monoisotopic (exact) mass is 162 g/mol. The molecule has 1 aromatic carbocycles. The Bertz CT molecular complexity index is 470. The van der Waals surface area contributed by atoms with E-state index in [2.05, 4.69) is 0 Å². The van der Waals surface area contributed by atoms with Crippen LogP contribution in [0.1, 0.15) is 0 Å². The van der Waals surface area contributed by atoms with Gasteiger partial charge in [0.2, 0.25) is 0 Å². The number of phenols is 1. The average Bonchev–Trinajstić information content (AvgIpc) is 2.07. The van der Waals surface area contributed by atoms with Crippen molar-refractivity contribution in [2.75, 3.05) is 0 Å². The van der Waals surface area contributed by atoms with Gasteiger partial charge in [0.05, 0.1) is 11.6 Å². The molecule has 0 unspecified atom stereocenters. The number of aromatic hydroxyl groups is 1. The second-order valence-corrected chi connectivity index (χ2v) is 2.47. The van der Waals surface area contributed by atoms with E-state index in [0.29, 0.717) is 11.0 Å². The van der Waals surface area contributed by atoms with Crippen molar-refractivity contribution in [1.82, 2.24) is 0 Å². The Morgan fingerprint density at radius 2 is 2.08 bits per heavy atom. The number of benzene rings is 1. The van der Waals surface area contributed by atoms with Crippen LogP contribution in [0, 0.1) is 0 Å². The topological polar surface area (TPSA) is 50.4 Å². The van der Waals surface area contributed by atoms with E-state index in [1.165, 1.54) is 24.5 Å². The Kier molecular flexibility index (Phi) is 1.37. The fraction of sp³-hybridized carbons (Fsp3) is 0. The van der Waals surface area contributed by atoms with E-state index in [-0.39, 0.29) is 11.2 Å². The molecule has 1 aromatic heterocycles. The lowest BCUT2D eigenvalue weighted by atomic mass is 10.2. The summed E-state index contributed by atoms with van der Waals surface area (Å²) in [5, 5.41) is 9.47. The molecule has 1 N–H and O–H groups in total. The lowest BCUT2D eigenvalue weighted by Gasteiger charge is -1.94. The molecule has 3 heteroatoms. The first-order chi connectivity index (χ1) is 5.77. The molecule has 0 saturated heterocycles. The maximum absolute atomic E-state index is 11.2. The third kappa shape index (κ3) is 0.955. The molecule has 0 aliphatic heterocycles. The van der Waals surface area contributed by atoms with Crippen LogP contribution in [0.5, 0.6) is 5.75 Å². The smallest absolute Gasteiger partial charge is 0.192 e. The number of hydrogen-bond donors (Lipinski definition) is 1. The van der Waals surface area contributed by atoms with Crippen molar-refractivity contribution in [3.8, 4) is 5.75 Å². The number of rotatable bonds is 0. The minimum Gasteiger partial charge on any atom is -0.508 e. The van der Waals surface area contributed by atoms with Gasteiger partial charge in [0.25, 0.3) is 0 Å². The second kappa shape index (κ2) is 2.37. The standard InChI is InChI=1S/C9H6O3/c10-6-1-2-9-7(5-6)8(11)3-4-12-9/h1-5,10H. The lowest BCUT2D eigenvalue weighted by Crippen LogP contribution is -1.96. The largest absolute Gasteiger partial charge is 0.508 e. The predicted octanol–water partition coefficient (Wildman–Crippen LogP) is 1.50. The first kappa shape index (κ1) is 6.91. The molecule has 0 amide bonds. The summed E-state index contributed by atoms with van der Waals surface area (Å²) in [4.78, 5) is 11.2. The molecule has 0 fully saturated rings. The van der Waals surface area contributed by atoms with Crippen molar-refractivity contribution in [2.45, 2.75) is 0 Å². The molecule has 12 heavy (non-hydrogen) atoms. The second-order valence-electron chi connectivity index (χ2n) is 2.47. The van der Waals surface area contributed by atoms with Gasteiger partial charge in [-0.25, -0.2) is 0 Å².